The van der Waals surface area contributed by atoms with E-state index in [4.69, 9.17) is 17.3 Å². The summed E-state index contributed by atoms with van der Waals surface area (Å²) in [6.45, 7) is 3.91. The fourth-order valence-corrected chi connectivity index (χ4v) is 0.976. The van der Waals surface area contributed by atoms with Gasteiger partial charge in [-0.05, 0) is 13.8 Å². The molecule has 6 heteroatoms. The van der Waals surface area contributed by atoms with Gasteiger partial charge >= 0.3 is 0 Å². The van der Waals surface area contributed by atoms with Crippen LogP contribution in [-0.4, -0.2) is 22.4 Å². The Morgan fingerprint density at radius 2 is 2.27 bits per heavy atom. The van der Waals surface area contributed by atoms with Crippen molar-refractivity contribution in [2.24, 2.45) is 11.1 Å². The number of rotatable bonds is 4. The topological polar surface area (TPSA) is 80.9 Å². The van der Waals surface area contributed by atoms with Gasteiger partial charge < -0.3 is 11.1 Å². The summed E-state index contributed by atoms with van der Waals surface area (Å²) < 4.78 is 0. The monoisotopic (exact) mass is 228 g/mol. The van der Waals surface area contributed by atoms with Gasteiger partial charge in [-0.2, -0.15) is 0 Å². The second-order valence-electron chi connectivity index (χ2n) is 3.83. The lowest BCUT2D eigenvalue weighted by Crippen LogP contribution is -2.37. The van der Waals surface area contributed by atoms with Crippen LogP contribution in [0.5, 0.6) is 0 Å². The molecule has 15 heavy (non-hydrogen) atoms. The van der Waals surface area contributed by atoms with Crippen LogP contribution in [0.25, 0.3) is 0 Å². The predicted octanol–water partition coefficient (Wildman–Crippen LogP) is 1.05. The van der Waals surface area contributed by atoms with Crippen LogP contribution in [0, 0.1) is 5.41 Å². The lowest BCUT2D eigenvalue weighted by atomic mass is 9.93. The largest absolute Gasteiger partial charge is 0.369 e. The number of nitrogens with one attached hydrogen (secondary N) is 1. The lowest BCUT2D eigenvalue weighted by Gasteiger charge is -2.20. The molecule has 0 saturated heterocycles. The van der Waals surface area contributed by atoms with Gasteiger partial charge in [0.15, 0.2) is 0 Å². The summed E-state index contributed by atoms with van der Waals surface area (Å²) in [5.41, 5.74) is 4.60. The second kappa shape index (κ2) is 4.44. The van der Waals surface area contributed by atoms with E-state index in [2.05, 4.69) is 15.3 Å². The third-order valence-corrected chi connectivity index (χ3v) is 2.22. The first kappa shape index (κ1) is 11.7. The van der Waals surface area contributed by atoms with Gasteiger partial charge in [0.05, 0.1) is 5.41 Å². The number of anilines is 1. The van der Waals surface area contributed by atoms with Crippen molar-refractivity contribution in [2.75, 3.05) is 11.9 Å². The summed E-state index contributed by atoms with van der Waals surface area (Å²) in [7, 11) is 0. The molecule has 0 aliphatic rings. The molecule has 1 amide bonds. The van der Waals surface area contributed by atoms with Gasteiger partial charge in [-0.1, -0.05) is 11.6 Å². The Morgan fingerprint density at radius 1 is 1.60 bits per heavy atom. The van der Waals surface area contributed by atoms with Crippen LogP contribution in [0.4, 0.5) is 5.82 Å². The van der Waals surface area contributed by atoms with Gasteiger partial charge in [-0.25, -0.2) is 9.97 Å². The van der Waals surface area contributed by atoms with Crippen LogP contribution in [0.3, 0.4) is 0 Å². The first-order valence-corrected chi connectivity index (χ1v) is 4.81. The van der Waals surface area contributed by atoms with Crippen molar-refractivity contribution in [2.45, 2.75) is 13.8 Å². The highest BCUT2D eigenvalue weighted by atomic mass is 35.5. The lowest BCUT2D eigenvalue weighted by molar-refractivity contribution is -0.125. The van der Waals surface area contributed by atoms with E-state index in [1.165, 1.54) is 6.33 Å². The number of nitrogens with zero attached hydrogens (tertiary/aromatic N) is 2. The molecule has 0 aromatic carbocycles. The summed E-state index contributed by atoms with van der Waals surface area (Å²) in [6.07, 6.45) is 1.35. The molecule has 3 N–H and O–H groups in total. The Morgan fingerprint density at radius 3 is 2.80 bits per heavy atom. The Kier molecular flexibility index (Phi) is 3.47. The molecule has 1 aromatic rings. The number of hydrogen-bond acceptors (Lipinski definition) is 4. The van der Waals surface area contributed by atoms with E-state index in [0.29, 0.717) is 17.5 Å². The van der Waals surface area contributed by atoms with E-state index in [9.17, 15) is 4.79 Å². The van der Waals surface area contributed by atoms with Gasteiger partial charge in [0.2, 0.25) is 5.91 Å². The van der Waals surface area contributed by atoms with Gasteiger partial charge in [0, 0.05) is 12.6 Å². The minimum atomic E-state index is -0.628. The van der Waals surface area contributed by atoms with Crippen LogP contribution in [0.15, 0.2) is 12.4 Å². The van der Waals surface area contributed by atoms with Crippen molar-refractivity contribution < 1.29 is 4.79 Å². The summed E-state index contributed by atoms with van der Waals surface area (Å²) in [6, 6.07) is 1.58. The maximum absolute atomic E-state index is 11.0. The van der Waals surface area contributed by atoms with E-state index < -0.39 is 5.41 Å². The molecule has 0 aliphatic carbocycles. The Balaban J connectivity index is 2.61. The molecule has 0 saturated carbocycles. The number of primary amides is 1. The van der Waals surface area contributed by atoms with Crippen LogP contribution in [0.2, 0.25) is 5.15 Å². The summed E-state index contributed by atoms with van der Waals surface area (Å²) in [5, 5.41) is 3.32. The molecule has 1 heterocycles. The molecular weight excluding hydrogens is 216 g/mol. The van der Waals surface area contributed by atoms with Crippen molar-refractivity contribution >= 4 is 23.3 Å². The first-order valence-electron chi connectivity index (χ1n) is 4.43. The standard InChI is InChI=1S/C9H13ClN4O/c1-9(2,8(11)15)4-12-7-3-6(10)13-5-14-7/h3,5H,4H2,1-2H3,(H2,11,15)(H,12,13,14). The van der Waals surface area contributed by atoms with E-state index in [0.717, 1.165) is 0 Å². The fraction of sp³-hybridized carbons (Fsp3) is 0.444. The minimum absolute atomic E-state index is 0.351. The summed E-state index contributed by atoms with van der Waals surface area (Å²) >= 11 is 5.67. The molecule has 0 aliphatic heterocycles. The average Bonchev–Trinajstić information content (AvgIpc) is 2.15. The molecule has 0 atom stereocenters. The van der Waals surface area contributed by atoms with E-state index in [1.807, 2.05) is 0 Å². The Hall–Kier alpha value is -1.36. The normalized spacial score (nSPS) is 11.1. The third kappa shape index (κ3) is 3.36. The fourth-order valence-electron chi connectivity index (χ4n) is 0.829. The zero-order chi connectivity index (χ0) is 11.5. The third-order valence-electron chi connectivity index (χ3n) is 2.01. The number of hydrogen-bond donors (Lipinski definition) is 2. The van der Waals surface area contributed by atoms with Crippen LogP contribution in [-0.2, 0) is 4.79 Å². The number of nitrogens with two attached hydrogens (primary N) is 1. The van der Waals surface area contributed by atoms with Crippen molar-refractivity contribution in [1.29, 1.82) is 0 Å². The first-order chi connectivity index (χ1) is 6.92. The maximum atomic E-state index is 11.0. The molecule has 1 aromatic heterocycles. The molecule has 0 unspecified atom stereocenters. The summed E-state index contributed by atoms with van der Waals surface area (Å²) in [5.74, 6) is 0.208. The Labute approximate surface area is 93.0 Å². The van der Waals surface area contributed by atoms with Crippen LogP contribution >= 0.6 is 11.6 Å². The van der Waals surface area contributed by atoms with Crippen LogP contribution < -0.4 is 11.1 Å². The van der Waals surface area contributed by atoms with Crippen molar-refractivity contribution in [1.82, 2.24) is 9.97 Å². The maximum Gasteiger partial charge on any atom is 0.224 e. The van der Waals surface area contributed by atoms with Crippen molar-refractivity contribution in [3.05, 3.63) is 17.5 Å². The Bertz CT molecular complexity index is 367. The average molecular weight is 229 g/mol. The highest BCUT2D eigenvalue weighted by Crippen LogP contribution is 2.16. The van der Waals surface area contributed by atoms with Gasteiger partial charge in [0.25, 0.3) is 0 Å². The molecule has 1 rings (SSSR count). The van der Waals surface area contributed by atoms with Gasteiger partial charge in [0.1, 0.15) is 17.3 Å². The van der Waals surface area contributed by atoms with Gasteiger partial charge in [-0.15, -0.1) is 0 Å². The number of amides is 1. The van der Waals surface area contributed by atoms with Crippen molar-refractivity contribution in [3.8, 4) is 0 Å². The van der Waals surface area contributed by atoms with E-state index in [-0.39, 0.29) is 5.91 Å². The highest BCUT2D eigenvalue weighted by molar-refractivity contribution is 6.29. The molecule has 0 spiro atoms. The smallest absolute Gasteiger partial charge is 0.224 e. The predicted molar refractivity (Wildman–Crippen MR) is 58.5 cm³/mol. The number of carbonyl (C=O) groups excluding carboxylic acids is 1. The molecule has 0 radical (unpaired) electrons. The van der Waals surface area contributed by atoms with Crippen LogP contribution in [0.1, 0.15) is 13.8 Å². The number of aromatic nitrogens is 2. The SMILES string of the molecule is CC(C)(CNc1cc(Cl)ncn1)C(N)=O. The molecule has 82 valence electrons. The van der Waals surface area contributed by atoms with Crippen molar-refractivity contribution in [3.63, 3.8) is 0 Å². The van der Waals surface area contributed by atoms with Gasteiger partial charge in [-0.3, -0.25) is 4.79 Å². The zero-order valence-electron chi connectivity index (χ0n) is 8.62. The molecule has 0 fully saturated rings. The minimum Gasteiger partial charge on any atom is -0.369 e. The van der Waals surface area contributed by atoms with E-state index in [1.54, 1.807) is 19.9 Å². The molecule has 5 nitrogen and oxygen atoms in total. The number of carbonyl (C=O) groups is 1. The summed E-state index contributed by atoms with van der Waals surface area (Å²) in [4.78, 5) is 18.7. The molecular formula is C9H13ClN4O. The quantitative estimate of drug-likeness (QED) is 0.755. The molecule has 0 bridgehead atoms. The highest BCUT2D eigenvalue weighted by Gasteiger charge is 2.24. The van der Waals surface area contributed by atoms with E-state index >= 15 is 0 Å². The second-order valence-corrected chi connectivity index (χ2v) is 4.21. The zero-order valence-corrected chi connectivity index (χ0v) is 9.38. The number of halogens is 1.